The van der Waals surface area contributed by atoms with Crippen LogP contribution in [-0.4, -0.2) is 20.3 Å². The highest BCUT2D eigenvalue weighted by molar-refractivity contribution is 6.33. The monoisotopic (exact) mass is 364 g/mol. The van der Waals surface area contributed by atoms with Gasteiger partial charge in [0.05, 0.1) is 10.6 Å². The molecule has 0 radical (unpaired) electrons. The van der Waals surface area contributed by atoms with Gasteiger partial charge in [-0.3, -0.25) is 5.10 Å². The fourth-order valence-corrected chi connectivity index (χ4v) is 3.12. The Morgan fingerprint density at radius 3 is 2.58 bits per heavy atom. The number of H-pyrrole nitrogens is 1. The van der Waals surface area contributed by atoms with Crippen LogP contribution in [-0.2, 0) is 12.8 Å². The van der Waals surface area contributed by atoms with Crippen molar-refractivity contribution in [3.63, 3.8) is 0 Å². The first-order valence-corrected chi connectivity index (χ1v) is 8.77. The maximum atomic E-state index is 6.32. The highest BCUT2D eigenvalue weighted by atomic mass is 35.5. The standard InChI is InChI=1S/C20H17ClN4O/c1-13-18(19(25-26-13)15-9-5-6-10-16(15)21)20-22-17(23-24-20)12-11-14-7-3-2-4-8-14/h2-10H,11-12H2,1H3,(H,22,23,24). The SMILES string of the molecule is Cc1onc(-c2ccccc2Cl)c1-c1n[nH]c(CCc2ccccc2)n1. The van der Waals surface area contributed by atoms with Gasteiger partial charge >= 0.3 is 0 Å². The predicted octanol–water partition coefficient (Wildman–Crippen LogP) is 4.87. The average molecular weight is 365 g/mol. The van der Waals surface area contributed by atoms with Crippen LogP contribution in [0.2, 0.25) is 5.02 Å². The van der Waals surface area contributed by atoms with Crippen molar-refractivity contribution in [3.8, 4) is 22.6 Å². The molecule has 0 aliphatic heterocycles. The number of nitrogens with one attached hydrogen (secondary N) is 1. The van der Waals surface area contributed by atoms with Crippen molar-refractivity contribution in [2.75, 3.05) is 0 Å². The maximum absolute atomic E-state index is 6.32. The lowest BCUT2D eigenvalue weighted by atomic mass is 10.1. The Morgan fingerprint density at radius 2 is 1.77 bits per heavy atom. The van der Waals surface area contributed by atoms with Crippen LogP contribution in [0.1, 0.15) is 17.1 Å². The molecule has 0 aliphatic rings. The summed E-state index contributed by atoms with van der Waals surface area (Å²) in [6.45, 7) is 1.85. The van der Waals surface area contributed by atoms with Crippen LogP contribution in [0.25, 0.3) is 22.6 Å². The molecule has 6 heteroatoms. The minimum Gasteiger partial charge on any atom is -0.360 e. The maximum Gasteiger partial charge on any atom is 0.186 e. The van der Waals surface area contributed by atoms with Gasteiger partial charge in [-0.15, -0.1) is 0 Å². The lowest BCUT2D eigenvalue weighted by molar-refractivity contribution is 0.400. The van der Waals surface area contributed by atoms with Gasteiger partial charge in [-0.05, 0) is 25.0 Å². The van der Waals surface area contributed by atoms with E-state index in [1.807, 2.05) is 49.4 Å². The summed E-state index contributed by atoms with van der Waals surface area (Å²) >= 11 is 6.32. The fraction of sp³-hybridized carbons (Fsp3) is 0.150. The van der Waals surface area contributed by atoms with E-state index in [0.717, 1.165) is 29.8 Å². The molecule has 2 heterocycles. The van der Waals surface area contributed by atoms with Gasteiger partial charge in [-0.25, -0.2) is 4.98 Å². The van der Waals surface area contributed by atoms with Crippen LogP contribution < -0.4 is 0 Å². The zero-order valence-corrected chi connectivity index (χ0v) is 15.0. The molecule has 0 fully saturated rings. The van der Waals surface area contributed by atoms with Crippen LogP contribution in [0, 0.1) is 6.92 Å². The van der Waals surface area contributed by atoms with Crippen molar-refractivity contribution in [2.24, 2.45) is 0 Å². The fourth-order valence-electron chi connectivity index (χ4n) is 2.90. The molecule has 130 valence electrons. The molecule has 2 aromatic carbocycles. The molecule has 1 N–H and O–H groups in total. The molecule has 0 bridgehead atoms. The van der Waals surface area contributed by atoms with E-state index in [0.29, 0.717) is 22.3 Å². The molecule has 0 saturated carbocycles. The molecule has 0 atom stereocenters. The van der Waals surface area contributed by atoms with Gasteiger partial charge in [0, 0.05) is 12.0 Å². The van der Waals surface area contributed by atoms with Crippen molar-refractivity contribution in [2.45, 2.75) is 19.8 Å². The summed E-state index contributed by atoms with van der Waals surface area (Å²) < 4.78 is 5.40. The van der Waals surface area contributed by atoms with Crippen LogP contribution in [0.5, 0.6) is 0 Å². The predicted molar refractivity (Wildman–Crippen MR) is 101 cm³/mol. The second-order valence-corrected chi connectivity index (χ2v) is 6.44. The lowest BCUT2D eigenvalue weighted by Gasteiger charge is -2.01. The van der Waals surface area contributed by atoms with Crippen LogP contribution in [0.3, 0.4) is 0 Å². The van der Waals surface area contributed by atoms with Gasteiger partial charge < -0.3 is 4.52 Å². The van der Waals surface area contributed by atoms with Gasteiger partial charge in [-0.2, -0.15) is 5.10 Å². The Hall–Kier alpha value is -2.92. The topological polar surface area (TPSA) is 67.6 Å². The summed E-state index contributed by atoms with van der Waals surface area (Å²) in [7, 11) is 0. The van der Waals surface area contributed by atoms with Crippen LogP contribution >= 0.6 is 11.6 Å². The number of nitrogens with zero attached hydrogens (tertiary/aromatic N) is 3. The number of halogens is 1. The van der Waals surface area contributed by atoms with E-state index in [1.165, 1.54) is 5.56 Å². The van der Waals surface area contributed by atoms with E-state index in [4.69, 9.17) is 16.1 Å². The van der Waals surface area contributed by atoms with E-state index in [2.05, 4.69) is 32.5 Å². The first kappa shape index (κ1) is 16.5. The van der Waals surface area contributed by atoms with Crippen molar-refractivity contribution in [1.82, 2.24) is 20.3 Å². The van der Waals surface area contributed by atoms with Crippen molar-refractivity contribution in [3.05, 3.63) is 76.8 Å². The number of hydrogen-bond acceptors (Lipinski definition) is 4. The molecule has 0 amide bonds. The van der Waals surface area contributed by atoms with E-state index in [9.17, 15) is 0 Å². The molecule has 0 unspecified atom stereocenters. The molecule has 0 aliphatic carbocycles. The Balaban J connectivity index is 1.62. The van der Waals surface area contributed by atoms with E-state index < -0.39 is 0 Å². The summed E-state index contributed by atoms with van der Waals surface area (Å²) in [6, 6.07) is 17.8. The first-order valence-electron chi connectivity index (χ1n) is 8.39. The molecule has 4 aromatic rings. The zero-order valence-electron chi connectivity index (χ0n) is 14.2. The highest BCUT2D eigenvalue weighted by Crippen LogP contribution is 2.35. The number of aromatic nitrogens is 4. The van der Waals surface area contributed by atoms with Crippen molar-refractivity contribution in [1.29, 1.82) is 0 Å². The Kier molecular flexibility index (Phi) is 4.54. The van der Waals surface area contributed by atoms with E-state index in [-0.39, 0.29) is 0 Å². The molecule has 0 spiro atoms. The highest BCUT2D eigenvalue weighted by Gasteiger charge is 2.21. The summed E-state index contributed by atoms with van der Waals surface area (Å²) in [5.74, 6) is 2.06. The molecule has 2 aromatic heterocycles. The van der Waals surface area contributed by atoms with Gasteiger partial charge in [0.2, 0.25) is 0 Å². The second-order valence-electron chi connectivity index (χ2n) is 6.03. The number of aryl methyl sites for hydroxylation is 3. The number of hydrogen-bond donors (Lipinski definition) is 1. The van der Waals surface area contributed by atoms with Gasteiger partial charge in [0.25, 0.3) is 0 Å². The number of rotatable bonds is 5. The smallest absolute Gasteiger partial charge is 0.186 e. The number of aromatic amines is 1. The van der Waals surface area contributed by atoms with Crippen molar-refractivity contribution < 1.29 is 4.52 Å². The third-order valence-corrected chi connectivity index (χ3v) is 4.57. The molecule has 4 rings (SSSR count). The van der Waals surface area contributed by atoms with Crippen LogP contribution in [0.4, 0.5) is 0 Å². The quantitative estimate of drug-likeness (QED) is 0.548. The Labute approximate surface area is 156 Å². The summed E-state index contributed by atoms with van der Waals surface area (Å²) in [4.78, 5) is 4.63. The minimum atomic E-state index is 0.571. The Bertz CT molecular complexity index is 1020. The normalized spacial score (nSPS) is 11.0. The molecular weight excluding hydrogens is 348 g/mol. The molecular formula is C20H17ClN4O. The molecule has 26 heavy (non-hydrogen) atoms. The lowest BCUT2D eigenvalue weighted by Crippen LogP contribution is -1.93. The van der Waals surface area contributed by atoms with Crippen LogP contribution in [0.15, 0.2) is 59.1 Å². The minimum absolute atomic E-state index is 0.571. The third-order valence-electron chi connectivity index (χ3n) is 4.24. The van der Waals surface area contributed by atoms with E-state index >= 15 is 0 Å². The average Bonchev–Trinajstić information content (AvgIpc) is 3.27. The van der Waals surface area contributed by atoms with Gasteiger partial charge in [0.1, 0.15) is 17.3 Å². The second kappa shape index (κ2) is 7.14. The van der Waals surface area contributed by atoms with Gasteiger partial charge in [-0.1, -0.05) is 65.3 Å². The summed E-state index contributed by atoms with van der Waals surface area (Å²) in [5.41, 5.74) is 3.49. The first-order chi connectivity index (χ1) is 12.7. The van der Waals surface area contributed by atoms with Gasteiger partial charge in [0.15, 0.2) is 5.82 Å². The summed E-state index contributed by atoms with van der Waals surface area (Å²) in [6.07, 6.45) is 1.68. The largest absolute Gasteiger partial charge is 0.360 e. The zero-order chi connectivity index (χ0) is 17.9. The molecule has 5 nitrogen and oxygen atoms in total. The van der Waals surface area contributed by atoms with Crippen molar-refractivity contribution >= 4 is 11.6 Å². The Morgan fingerprint density at radius 1 is 1.00 bits per heavy atom. The molecule has 0 saturated heterocycles. The van der Waals surface area contributed by atoms with E-state index in [1.54, 1.807) is 0 Å². The number of benzene rings is 2. The summed E-state index contributed by atoms with van der Waals surface area (Å²) in [5, 5.41) is 12.2. The third kappa shape index (κ3) is 3.26.